The topological polar surface area (TPSA) is 80.7 Å². The third-order valence-corrected chi connectivity index (χ3v) is 10.4. The zero-order chi connectivity index (χ0) is 23.5. The molecule has 0 heterocycles. The normalized spacial score (nSPS) is 36.2. The summed E-state index contributed by atoms with van der Waals surface area (Å²) < 4.78 is 30.9. The molecule has 5 rings (SSSR count). The molecule has 6 unspecified atom stereocenters. The Morgan fingerprint density at radius 2 is 1.85 bits per heavy atom. The number of carbonyl (C=O) groups is 1. The summed E-state index contributed by atoms with van der Waals surface area (Å²) in [5.41, 5.74) is 4.74. The van der Waals surface area contributed by atoms with Gasteiger partial charge in [0.25, 0.3) is 10.1 Å². The number of hydrogen-bond acceptors (Lipinski definition) is 5. The molecule has 1 aromatic carbocycles. The first-order valence-electron chi connectivity index (χ1n) is 12.2. The molecule has 2 fully saturated rings. The smallest absolute Gasteiger partial charge is 0.296 e. The maximum atomic E-state index is 12.7. The van der Waals surface area contributed by atoms with Gasteiger partial charge in [-0.05, 0) is 98.5 Å². The first kappa shape index (κ1) is 23.0. The average molecular weight is 471 g/mol. The molecule has 33 heavy (non-hydrogen) atoms. The number of hydrogen-bond donors (Lipinski definition) is 1. The Bertz CT molecular complexity index is 1130. The predicted molar refractivity (Wildman–Crippen MR) is 126 cm³/mol. The molecule has 0 bridgehead atoms. The van der Waals surface area contributed by atoms with Crippen LogP contribution in [0.4, 0.5) is 0 Å². The Balaban J connectivity index is 1.36. The lowest BCUT2D eigenvalue weighted by Gasteiger charge is -2.49. The van der Waals surface area contributed by atoms with Crippen LogP contribution in [0.5, 0.6) is 0 Å². The highest BCUT2D eigenvalue weighted by atomic mass is 32.2. The Labute approximate surface area is 197 Å². The van der Waals surface area contributed by atoms with Gasteiger partial charge in [0.2, 0.25) is 0 Å². The monoisotopic (exact) mass is 470 g/mol. The van der Waals surface area contributed by atoms with E-state index in [0.29, 0.717) is 24.2 Å². The third kappa shape index (κ3) is 3.84. The summed E-state index contributed by atoms with van der Waals surface area (Å²) in [5, 5.41) is 11.3. The molecule has 1 N–H and O–H groups in total. The highest BCUT2D eigenvalue weighted by Gasteiger charge is 2.57. The number of rotatable bonds is 4. The van der Waals surface area contributed by atoms with Gasteiger partial charge in [0, 0.05) is 12.3 Å². The van der Waals surface area contributed by atoms with Crippen molar-refractivity contribution < 1.29 is 22.5 Å². The Kier molecular flexibility index (Phi) is 5.70. The fourth-order valence-electron chi connectivity index (χ4n) is 7.14. The lowest BCUT2D eigenvalue weighted by molar-refractivity contribution is -0.115. The second-order valence-electron chi connectivity index (χ2n) is 10.9. The first-order valence-corrected chi connectivity index (χ1v) is 13.6. The lowest BCUT2D eigenvalue weighted by atomic mass is 9.56. The van der Waals surface area contributed by atoms with E-state index in [-0.39, 0.29) is 28.6 Å². The van der Waals surface area contributed by atoms with Crippen LogP contribution in [0.1, 0.15) is 57.9 Å². The minimum atomic E-state index is -3.85. The second kappa shape index (κ2) is 8.17. The molecule has 6 atom stereocenters. The van der Waals surface area contributed by atoms with Crippen LogP contribution in [0.3, 0.4) is 0 Å². The molecule has 0 aromatic heterocycles. The van der Waals surface area contributed by atoms with Gasteiger partial charge < -0.3 is 5.11 Å². The van der Waals surface area contributed by atoms with Crippen molar-refractivity contribution in [2.45, 2.75) is 70.3 Å². The van der Waals surface area contributed by atoms with Gasteiger partial charge in [0.15, 0.2) is 5.78 Å². The average Bonchev–Trinajstić information content (AvgIpc) is 3.04. The van der Waals surface area contributed by atoms with Crippen molar-refractivity contribution >= 4 is 15.9 Å². The fraction of sp³-hybridized carbons (Fsp3) is 0.593. The minimum absolute atomic E-state index is 0.0112. The lowest BCUT2D eigenvalue weighted by Crippen LogP contribution is -2.44. The van der Waals surface area contributed by atoms with E-state index in [1.165, 1.54) is 16.7 Å². The van der Waals surface area contributed by atoms with Crippen molar-refractivity contribution in [1.29, 1.82) is 0 Å². The molecule has 2 saturated carbocycles. The van der Waals surface area contributed by atoms with Gasteiger partial charge in [0.05, 0.1) is 17.6 Å². The molecule has 6 heteroatoms. The molecule has 0 radical (unpaired) electrons. The van der Waals surface area contributed by atoms with E-state index in [2.05, 4.69) is 13.8 Å². The third-order valence-electron chi connectivity index (χ3n) is 9.09. The van der Waals surface area contributed by atoms with Crippen molar-refractivity contribution in [2.24, 2.45) is 29.1 Å². The van der Waals surface area contributed by atoms with E-state index in [4.69, 9.17) is 4.18 Å². The van der Waals surface area contributed by atoms with Crippen LogP contribution in [-0.4, -0.2) is 32.0 Å². The number of aryl methyl sites for hydroxylation is 1. The van der Waals surface area contributed by atoms with Crippen LogP contribution in [0.2, 0.25) is 0 Å². The molecular formula is C27H34O5S. The molecule has 0 aliphatic heterocycles. The van der Waals surface area contributed by atoms with Gasteiger partial charge >= 0.3 is 0 Å². The zero-order valence-electron chi connectivity index (χ0n) is 19.7. The highest BCUT2D eigenvalue weighted by Crippen LogP contribution is 2.62. The van der Waals surface area contributed by atoms with E-state index < -0.39 is 16.2 Å². The quantitative estimate of drug-likeness (QED) is 0.643. The standard InChI is InChI=1S/C27H34O5S/c1-16-4-8-21(9-5-16)33(30,31)32-15-19-13-25-24-12-18-6-7-20(28)14-23(18)17(2)22(24)10-11-27(25,3)26(19)29/h4-5,8-9,14,18-19,24-26,29H,6-7,10-13,15H2,1-3H3. The SMILES string of the molecule is CC1=C2CCC3(C)C(O)C(COS(=O)(=O)c4ccc(C)cc4)CC3C2CC2CCC(=O)C=C12. The van der Waals surface area contributed by atoms with Crippen LogP contribution in [0.25, 0.3) is 0 Å². The van der Waals surface area contributed by atoms with Gasteiger partial charge in [-0.15, -0.1) is 0 Å². The van der Waals surface area contributed by atoms with Crippen molar-refractivity contribution in [3.8, 4) is 0 Å². The van der Waals surface area contributed by atoms with Gasteiger partial charge in [0.1, 0.15) is 0 Å². The van der Waals surface area contributed by atoms with Crippen LogP contribution in [0.15, 0.2) is 52.0 Å². The molecule has 4 aliphatic carbocycles. The van der Waals surface area contributed by atoms with E-state index in [0.717, 1.165) is 37.7 Å². The molecule has 0 amide bonds. The molecule has 0 saturated heterocycles. The summed E-state index contributed by atoms with van der Waals surface area (Å²) in [5.74, 6) is 1.16. The summed E-state index contributed by atoms with van der Waals surface area (Å²) in [6.07, 6.45) is 6.46. The Hall–Kier alpha value is -1.76. The highest BCUT2D eigenvalue weighted by molar-refractivity contribution is 7.86. The minimum Gasteiger partial charge on any atom is -0.392 e. The number of allylic oxidation sites excluding steroid dienone is 4. The van der Waals surface area contributed by atoms with Crippen molar-refractivity contribution in [3.05, 3.63) is 52.6 Å². The maximum absolute atomic E-state index is 12.7. The molecule has 0 spiro atoms. The van der Waals surface area contributed by atoms with Gasteiger partial charge in [-0.25, -0.2) is 0 Å². The molecular weight excluding hydrogens is 436 g/mol. The van der Waals surface area contributed by atoms with E-state index in [1.54, 1.807) is 24.3 Å². The number of fused-ring (bicyclic) bond motifs is 4. The summed E-state index contributed by atoms with van der Waals surface area (Å²) in [6, 6.07) is 6.66. The number of ketones is 1. The molecule has 1 aromatic rings. The number of benzene rings is 1. The zero-order valence-corrected chi connectivity index (χ0v) is 20.5. The fourth-order valence-corrected chi connectivity index (χ4v) is 8.10. The summed E-state index contributed by atoms with van der Waals surface area (Å²) >= 11 is 0. The molecule has 5 nitrogen and oxygen atoms in total. The van der Waals surface area contributed by atoms with Crippen LogP contribution in [-0.2, 0) is 19.1 Å². The second-order valence-corrected chi connectivity index (χ2v) is 12.5. The van der Waals surface area contributed by atoms with Crippen molar-refractivity contribution in [2.75, 3.05) is 6.61 Å². The molecule has 178 valence electrons. The molecule has 4 aliphatic rings. The number of aliphatic hydroxyl groups excluding tert-OH is 1. The van der Waals surface area contributed by atoms with Crippen LogP contribution < -0.4 is 0 Å². The van der Waals surface area contributed by atoms with Crippen LogP contribution in [0, 0.1) is 36.0 Å². The first-order chi connectivity index (χ1) is 15.6. The largest absolute Gasteiger partial charge is 0.392 e. The summed E-state index contributed by atoms with van der Waals surface area (Å²) in [4.78, 5) is 12.2. The Morgan fingerprint density at radius 1 is 1.12 bits per heavy atom. The van der Waals surface area contributed by atoms with E-state index in [1.807, 2.05) is 13.0 Å². The summed E-state index contributed by atoms with van der Waals surface area (Å²) in [7, 11) is -3.85. The van der Waals surface area contributed by atoms with E-state index in [9.17, 15) is 18.3 Å². The number of carbonyl (C=O) groups excluding carboxylic acids is 1. The number of aliphatic hydroxyl groups is 1. The maximum Gasteiger partial charge on any atom is 0.296 e. The van der Waals surface area contributed by atoms with Crippen molar-refractivity contribution in [1.82, 2.24) is 0 Å². The van der Waals surface area contributed by atoms with Gasteiger partial charge in [-0.3, -0.25) is 8.98 Å². The van der Waals surface area contributed by atoms with Crippen LogP contribution >= 0.6 is 0 Å². The Morgan fingerprint density at radius 3 is 2.58 bits per heavy atom. The van der Waals surface area contributed by atoms with E-state index >= 15 is 0 Å². The van der Waals surface area contributed by atoms with Gasteiger partial charge in [-0.1, -0.05) is 30.2 Å². The van der Waals surface area contributed by atoms with Gasteiger partial charge in [-0.2, -0.15) is 8.42 Å². The van der Waals surface area contributed by atoms with Crippen molar-refractivity contribution in [3.63, 3.8) is 0 Å². The summed E-state index contributed by atoms with van der Waals surface area (Å²) in [6.45, 7) is 6.27. The predicted octanol–water partition coefficient (Wildman–Crippen LogP) is 4.74.